The van der Waals surface area contributed by atoms with Gasteiger partial charge >= 0.3 is 0 Å². The molecule has 0 unspecified atom stereocenters. The molecule has 17 heavy (non-hydrogen) atoms. The number of aliphatic hydroxyl groups excluding tert-OH is 4. The summed E-state index contributed by atoms with van der Waals surface area (Å²) in [7, 11) is 0. The number of amidine groups is 1. The van der Waals surface area contributed by atoms with Crippen molar-refractivity contribution in [2.75, 3.05) is 19.7 Å². The minimum atomic E-state index is -1.32. The van der Waals surface area contributed by atoms with Gasteiger partial charge in [0, 0.05) is 6.54 Å². The van der Waals surface area contributed by atoms with E-state index in [1.165, 1.54) is 0 Å². The largest absolute Gasteiger partial charge is 0.394 e. The van der Waals surface area contributed by atoms with Gasteiger partial charge in [-0.05, 0) is 12.8 Å². The molecule has 8 N–H and O–H groups in total. The first-order chi connectivity index (χ1) is 8.11. The number of rotatable bonds is 5. The van der Waals surface area contributed by atoms with Crippen molar-refractivity contribution in [1.29, 1.82) is 0 Å². The summed E-state index contributed by atoms with van der Waals surface area (Å²) in [4.78, 5) is 4.13. The van der Waals surface area contributed by atoms with E-state index < -0.39 is 24.4 Å². The highest BCUT2D eigenvalue weighted by molar-refractivity contribution is 5.88. The van der Waals surface area contributed by atoms with Crippen molar-refractivity contribution in [3.63, 3.8) is 0 Å². The highest BCUT2D eigenvalue weighted by Gasteiger charge is 2.39. The van der Waals surface area contributed by atoms with Crippen LogP contribution >= 0.6 is 0 Å². The molecule has 0 bridgehead atoms. The van der Waals surface area contributed by atoms with E-state index >= 15 is 0 Å². The number of nitrogens with zero attached hydrogens (tertiary/aromatic N) is 1. The number of nitrogens with one attached hydrogen (secondary N) is 1. The number of hydrogen-bond acceptors (Lipinski definition) is 5. The summed E-state index contributed by atoms with van der Waals surface area (Å²) in [5, 5.41) is 40.5. The van der Waals surface area contributed by atoms with Gasteiger partial charge in [-0.1, -0.05) is 0 Å². The van der Waals surface area contributed by atoms with Crippen LogP contribution in [0.2, 0.25) is 0 Å². The molecule has 0 aromatic carbocycles. The number of hydrogen-bond donors (Lipinski definition) is 6. The van der Waals surface area contributed by atoms with Crippen LogP contribution in [-0.2, 0) is 0 Å². The fourth-order valence-electron chi connectivity index (χ4n) is 1.73. The summed E-state index contributed by atoms with van der Waals surface area (Å²) in [6.45, 7) is 1.03. The van der Waals surface area contributed by atoms with E-state index in [0.717, 1.165) is 19.4 Å². The average Bonchev–Trinajstić information content (AvgIpc) is 2.34. The number of unbranched alkanes of at least 4 members (excludes halogenated alkanes) is 1. The molecule has 1 heterocycles. The van der Waals surface area contributed by atoms with Crippen molar-refractivity contribution >= 4 is 5.84 Å². The Morgan fingerprint density at radius 2 is 1.88 bits per heavy atom. The average molecular weight is 248 g/mol. The maximum atomic E-state index is 9.68. The zero-order valence-corrected chi connectivity index (χ0v) is 9.79. The fraction of sp³-hybridized carbons (Fsp3) is 0.900. The Hall–Kier alpha value is -0.730. The van der Waals surface area contributed by atoms with Crippen LogP contribution < -0.4 is 11.1 Å². The Kier molecular flexibility index (Phi) is 5.79. The van der Waals surface area contributed by atoms with E-state index in [1.807, 2.05) is 0 Å². The summed E-state index contributed by atoms with van der Waals surface area (Å²) in [6, 6.07) is -0.694. The predicted molar refractivity (Wildman–Crippen MR) is 61.3 cm³/mol. The van der Waals surface area contributed by atoms with Gasteiger partial charge < -0.3 is 31.5 Å². The van der Waals surface area contributed by atoms with Gasteiger partial charge in [0.05, 0.1) is 19.2 Å². The third-order valence-electron chi connectivity index (χ3n) is 2.84. The SMILES string of the molecule is [NH3+]CCCCN=C1N[C@H](CO)[C@@H](O)[C@H](O)[C@@H]1O. The van der Waals surface area contributed by atoms with E-state index in [4.69, 9.17) is 5.11 Å². The fourth-order valence-corrected chi connectivity index (χ4v) is 1.73. The maximum Gasteiger partial charge on any atom is 0.139 e. The van der Waals surface area contributed by atoms with Gasteiger partial charge in [0.2, 0.25) is 0 Å². The molecule has 0 aromatic rings. The quantitative estimate of drug-likeness (QED) is 0.280. The van der Waals surface area contributed by atoms with Gasteiger partial charge in [0.15, 0.2) is 0 Å². The van der Waals surface area contributed by atoms with E-state index in [1.54, 1.807) is 0 Å². The predicted octanol–water partition coefficient (Wildman–Crippen LogP) is -3.55. The van der Waals surface area contributed by atoms with Gasteiger partial charge in [-0.25, -0.2) is 0 Å². The molecule has 1 saturated heterocycles. The molecule has 100 valence electrons. The molecule has 0 radical (unpaired) electrons. The number of piperidine rings is 1. The van der Waals surface area contributed by atoms with Crippen LogP contribution in [0, 0.1) is 0 Å². The first-order valence-corrected chi connectivity index (χ1v) is 5.87. The molecule has 0 aliphatic carbocycles. The molecule has 1 aliphatic rings. The second kappa shape index (κ2) is 6.87. The van der Waals surface area contributed by atoms with Gasteiger partial charge in [0.25, 0.3) is 0 Å². The van der Waals surface area contributed by atoms with Crippen molar-refractivity contribution in [1.82, 2.24) is 5.32 Å². The van der Waals surface area contributed by atoms with E-state index in [0.29, 0.717) is 6.54 Å². The summed E-state index contributed by atoms with van der Waals surface area (Å²) in [6.07, 6.45) is -1.95. The number of quaternary nitrogens is 1. The molecule has 7 heteroatoms. The lowest BCUT2D eigenvalue weighted by Gasteiger charge is -2.36. The first-order valence-electron chi connectivity index (χ1n) is 5.87. The molecular weight excluding hydrogens is 226 g/mol. The summed E-state index contributed by atoms with van der Waals surface area (Å²) < 4.78 is 0. The van der Waals surface area contributed by atoms with E-state index in [2.05, 4.69) is 16.0 Å². The standard InChI is InChI=1S/C10H21N3O4/c11-3-1-2-4-12-10-9(17)8(16)7(15)6(5-14)13-10/h6-9,14-17H,1-5,11H2,(H,12,13)/p+1/t6-,7-,8+,9+/m1/s1. The van der Waals surface area contributed by atoms with E-state index in [9.17, 15) is 15.3 Å². The van der Waals surface area contributed by atoms with Crippen molar-refractivity contribution in [3.8, 4) is 0 Å². The van der Waals surface area contributed by atoms with Crippen molar-refractivity contribution < 1.29 is 26.2 Å². The molecule has 7 nitrogen and oxygen atoms in total. The highest BCUT2D eigenvalue weighted by atomic mass is 16.4. The third-order valence-corrected chi connectivity index (χ3v) is 2.84. The lowest BCUT2D eigenvalue weighted by molar-refractivity contribution is -0.368. The van der Waals surface area contributed by atoms with Crippen LogP contribution in [0.25, 0.3) is 0 Å². The van der Waals surface area contributed by atoms with Crippen LogP contribution in [-0.4, -0.2) is 70.3 Å². The van der Waals surface area contributed by atoms with Gasteiger partial charge in [-0.2, -0.15) is 0 Å². The molecular formula is C10H22N3O4+. The second-order valence-electron chi connectivity index (χ2n) is 4.19. The summed E-state index contributed by atoms with van der Waals surface area (Å²) in [5.74, 6) is 0.228. The van der Waals surface area contributed by atoms with Gasteiger partial charge in [-0.15, -0.1) is 0 Å². The minimum absolute atomic E-state index is 0.228. The Morgan fingerprint density at radius 1 is 1.18 bits per heavy atom. The Labute approximate surface area is 100.0 Å². The maximum absolute atomic E-state index is 9.68. The zero-order valence-electron chi connectivity index (χ0n) is 9.79. The Bertz CT molecular complexity index is 260. The smallest absolute Gasteiger partial charge is 0.139 e. The summed E-state index contributed by atoms with van der Waals surface area (Å²) >= 11 is 0. The van der Waals surface area contributed by atoms with Crippen molar-refractivity contribution in [2.45, 2.75) is 37.2 Å². The lowest BCUT2D eigenvalue weighted by atomic mass is 9.95. The Morgan fingerprint density at radius 3 is 2.47 bits per heavy atom. The van der Waals surface area contributed by atoms with Crippen LogP contribution in [0.5, 0.6) is 0 Å². The monoisotopic (exact) mass is 248 g/mol. The van der Waals surface area contributed by atoms with Crippen molar-refractivity contribution in [2.24, 2.45) is 4.99 Å². The highest BCUT2D eigenvalue weighted by Crippen LogP contribution is 2.12. The second-order valence-corrected chi connectivity index (χ2v) is 4.19. The minimum Gasteiger partial charge on any atom is -0.394 e. The number of aliphatic imine (C=N–C) groups is 1. The van der Waals surface area contributed by atoms with Crippen LogP contribution in [0.1, 0.15) is 12.8 Å². The molecule has 0 amide bonds. The van der Waals surface area contributed by atoms with Gasteiger partial charge in [-0.3, -0.25) is 4.99 Å². The third kappa shape index (κ3) is 3.62. The van der Waals surface area contributed by atoms with Crippen LogP contribution in [0.15, 0.2) is 4.99 Å². The lowest BCUT2D eigenvalue weighted by Crippen LogP contribution is -2.63. The molecule has 1 rings (SSSR count). The molecule has 0 spiro atoms. The normalized spacial score (nSPS) is 35.9. The van der Waals surface area contributed by atoms with Crippen LogP contribution in [0.4, 0.5) is 0 Å². The van der Waals surface area contributed by atoms with Crippen molar-refractivity contribution in [3.05, 3.63) is 0 Å². The first kappa shape index (κ1) is 14.3. The molecule has 0 saturated carbocycles. The van der Waals surface area contributed by atoms with Crippen LogP contribution in [0.3, 0.4) is 0 Å². The van der Waals surface area contributed by atoms with Gasteiger partial charge in [0.1, 0.15) is 24.1 Å². The molecule has 4 atom stereocenters. The zero-order chi connectivity index (χ0) is 12.8. The summed E-state index contributed by atoms with van der Waals surface area (Å²) in [5.41, 5.74) is 3.71. The molecule has 1 fully saturated rings. The topological polar surface area (TPSA) is 133 Å². The molecule has 1 aliphatic heterocycles. The number of aliphatic hydroxyl groups is 4. The Balaban J connectivity index is 2.58. The molecule has 0 aromatic heterocycles. The van der Waals surface area contributed by atoms with E-state index in [-0.39, 0.29) is 12.4 Å².